The van der Waals surface area contributed by atoms with Crippen molar-refractivity contribution in [1.82, 2.24) is 10.7 Å². The summed E-state index contributed by atoms with van der Waals surface area (Å²) in [5.74, 6) is -0.828. The number of benzene rings is 2. The molecule has 24 heavy (non-hydrogen) atoms. The first-order valence-corrected chi connectivity index (χ1v) is 7.93. The minimum Gasteiger partial charge on any atom is -0.493 e. The summed E-state index contributed by atoms with van der Waals surface area (Å²) in [6.07, 6.45) is 2.39. The van der Waals surface area contributed by atoms with E-state index >= 15 is 0 Å². The fourth-order valence-electron chi connectivity index (χ4n) is 2.19. The predicted molar refractivity (Wildman–Crippen MR) is 94.2 cm³/mol. The molecule has 0 saturated heterocycles. The molecular weight excluding hydrogens is 306 g/mol. The van der Waals surface area contributed by atoms with Gasteiger partial charge in [0.25, 0.3) is 0 Å². The highest BCUT2D eigenvalue weighted by Gasteiger charge is 2.11. The SMILES string of the molecule is CCCOc1ccc2ccccc2c1/C=N\NC(=O)C(=O)NCC. The second-order valence-corrected chi connectivity index (χ2v) is 5.11. The summed E-state index contributed by atoms with van der Waals surface area (Å²) < 4.78 is 5.75. The molecule has 0 aliphatic rings. The molecule has 6 nitrogen and oxygen atoms in total. The Labute approximate surface area is 140 Å². The molecule has 6 heteroatoms. The summed E-state index contributed by atoms with van der Waals surface area (Å²) in [5, 5.41) is 8.31. The lowest BCUT2D eigenvalue weighted by Crippen LogP contribution is -2.37. The number of hydrogen-bond acceptors (Lipinski definition) is 4. The van der Waals surface area contributed by atoms with Gasteiger partial charge in [0, 0.05) is 12.1 Å². The molecule has 0 radical (unpaired) electrons. The average molecular weight is 327 g/mol. The zero-order valence-electron chi connectivity index (χ0n) is 13.8. The van der Waals surface area contributed by atoms with E-state index in [2.05, 4.69) is 15.8 Å². The van der Waals surface area contributed by atoms with Gasteiger partial charge in [-0.2, -0.15) is 5.10 Å². The van der Waals surface area contributed by atoms with Crippen LogP contribution in [-0.2, 0) is 9.59 Å². The smallest absolute Gasteiger partial charge is 0.329 e. The third-order valence-electron chi connectivity index (χ3n) is 3.30. The molecule has 2 amide bonds. The first-order valence-electron chi connectivity index (χ1n) is 7.93. The average Bonchev–Trinajstić information content (AvgIpc) is 2.60. The van der Waals surface area contributed by atoms with Crippen molar-refractivity contribution in [3.05, 3.63) is 42.0 Å². The summed E-state index contributed by atoms with van der Waals surface area (Å²) >= 11 is 0. The standard InChI is InChI=1S/C18H21N3O3/c1-3-11-24-16-10-9-13-7-5-6-8-14(13)15(16)12-20-21-18(23)17(22)19-4-2/h5-10,12H,3-4,11H2,1-2H3,(H,19,22)(H,21,23)/b20-12-. The summed E-state index contributed by atoms with van der Waals surface area (Å²) in [6.45, 7) is 4.74. The fourth-order valence-corrected chi connectivity index (χ4v) is 2.19. The Hall–Kier alpha value is -2.89. The Balaban J connectivity index is 2.26. The van der Waals surface area contributed by atoms with Crippen LogP contribution in [0.3, 0.4) is 0 Å². The highest BCUT2D eigenvalue weighted by molar-refractivity contribution is 6.35. The number of carbonyl (C=O) groups excluding carboxylic acids is 2. The van der Waals surface area contributed by atoms with E-state index in [0.717, 1.165) is 22.8 Å². The number of hydrogen-bond donors (Lipinski definition) is 2. The lowest BCUT2D eigenvalue weighted by molar-refractivity contribution is -0.139. The van der Waals surface area contributed by atoms with Crippen molar-refractivity contribution in [3.63, 3.8) is 0 Å². The molecule has 2 aromatic carbocycles. The van der Waals surface area contributed by atoms with Crippen molar-refractivity contribution in [2.75, 3.05) is 13.2 Å². The number of carbonyl (C=O) groups is 2. The minimum absolute atomic E-state index is 0.383. The lowest BCUT2D eigenvalue weighted by atomic mass is 10.0. The van der Waals surface area contributed by atoms with Gasteiger partial charge in [-0.15, -0.1) is 0 Å². The maximum atomic E-state index is 11.6. The summed E-state index contributed by atoms with van der Waals surface area (Å²) in [5.41, 5.74) is 2.99. The number of rotatable bonds is 6. The van der Waals surface area contributed by atoms with Crippen LogP contribution in [0.1, 0.15) is 25.8 Å². The van der Waals surface area contributed by atoms with Gasteiger partial charge >= 0.3 is 11.8 Å². The Kier molecular flexibility index (Phi) is 6.31. The van der Waals surface area contributed by atoms with E-state index in [-0.39, 0.29) is 0 Å². The number of nitrogens with zero attached hydrogens (tertiary/aromatic N) is 1. The molecule has 0 fully saturated rings. The molecule has 2 rings (SSSR count). The third-order valence-corrected chi connectivity index (χ3v) is 3.30. The number of amides is 2. The number of fused-ring (bicyclic) bond motifs is 1. The van der Waals surface area contributed by atoms with Gasteiger partial charge in [0.2, 0.25) is 0 Å². The van der Waals surface area contributed by atoms with E-state index in [4.69, 9.17) is 4.74 Å². The number of hydrazone groups is 1. The molecule has 0 spiro atoms. The van der Waals surface area contributed by atoms with E-state index in [1.54, 1.807) is 6.92 Å². The Bertz CT molecular complexity index is 756. The molecular formula is C18H21N3O3. The monoisotopic (exact) mass is 327 g/mol. The van der Waals surface area contributed by atoms with Crippen molar-refractivity contribution in [2.45, 2.75) is 20.3 Å². The van der Waals surface area contributed by atoms with E-state index in [1.807, 2.05) is 43.3 Å². The van der Waals surface area contributed by atoms with Crippen LogP contribution in [0, 0.1) is 0 Å². The van der Waals surface area contributed by atoms with Crippen LogP contribution in [0.25, 0.3) is 10.8 Å². The van der Waals surface area contributed by atoms with Crippen LogP contribution in [0.4, 0.5) is 0 Å². The zero-order chi connectivity index (χ0) is 17.4. The van der Waals surface area contributed by atoms with E-state index in [9.17, 15) is 9.59 Å². The Morgan fingerprint density at radius 1 is 1.12 bits per heavy atom. The second kappa shape index (κ2) is 8.67. The zero-order valence-corrected chi connectivity index (χ0v) is 13.8. The van der Waals surface area contributed by atoms with E-state index < -0.39 is 11.8 Å². The summed E-state index contributed by atoms with van der Waals surface area (Å²) in [7, 11) is 0. The molecule has 0 heterocycles. The normalized spacial score (nSPS) is 10.8. The largest absolute Gasteiger partial charge is 0.493 e. The quantitative estimate of drug-likeness (QED) is 0.485. The number of likely N-dealkylation sites (N-methyl/N-ethyl adjacent to an activating group) is 1. The van der Waals surface area contributed by atoms with Crippen molar-refractivity contribution < 1.29 is 14.3 Å². The molecule has 0 saturated carbocycles. The maximum Gasteiger partial charge on any atom is 0.329 e. The van der Waals surface area contributed by atoms with Crippen molar-refractivity contribution in [1.29, 1.82) is 0 Å². The molecule has 2 aromatic rings. The van der Waals surface area contributed by atoms with Gasteiger partial charge in [0.1, 0.15) is 5.75 Å². The van der Waals surface area contributed by atoms with Gasteiger partial charge < -0.3 is 10.1 Å². The highest BCUT2D eigenvalue weighted by atomic mass is 16.5. The second-order valence-electron chi connectivity index (χ2n) is 5.11. The van der Waals surface area contributed by atoms with Crippen LogP contribution < -0.4 is 15.5 Å². The first-order chi connectivity index (χ1) is 11.7. The van der Waals surface area contributed by atoms with Crippen LogP contribution >= 0.6 is 0 Å². The molecule has 0 aromatic heterocycles. The van der Waals surface area contributed by atoms with Gasteiger partial charge in [-0.3, -0.25) is 9.59 Å². The highest BCUT2D eigenvalue weighted by Crippen LogP contribution is 2.26. The molecule has 0 unspecified atom stereocenters. The molecule has 0 bridgehead atoms. The van der Waals surface area contributed by atoms with Crippen LogP contribution in [-0.4, -0.2) is 31.2 Å². The summed E-state index contributed by atoms with van der Waals surface area (Å²) in [4.78, 5) is 23.0. The molecule has 0 aliphatic heterocycles. The predicted octanol–water partition coefficient (Wildman–Crippen LogP) is 2.21. The van der Waals surface area contributed by atoms with E-state index in [0.29, 0.717) is 18.9 Å². The Morgan fingerprint density at radius 3 is 2.67 bits per heavy atom. The van der Waals surface area contributed by atoms with Crippen molar-refractivity contribution in [2.24, 2.45) is 5.10 Å². The van der Waals surface area contributed by atoms with Crippen LogP contribution in [0.15, 0.2) is 41.5 Å². The molecule has 126 valence electrons. The van der Waals surface area contributed by atoms with Gasteiger partial charge in [-0.25, -0.2) is 5.43 Å². The summed E-state index contributed by atoms with van der Waals surface area (Å²) in [6, 6.07) is 11.7. The van der Waals surface area contributed by atoms with Crippen molar-refractivity contribution in [3.8, 4) is 5.75 Å². The molecule has 2 N–H and O–H groups in total. The van der Waals surface area contributed by atoms with Crippen molar-refractivity contribution >= 4 is 28.8 Å². The van der Waals surface area contributed by atoms with Gasteiger partial charge in [0.15, 0.2) is 0 Å². The fraction of sp³-hybridized carbons (Fsp3) is 0.278. The van der Waals surface area contributed by atoms with Crippen LogP contribution in [0.2, 0.25) is 0 Å². The maximum absolute atomic E-state index is 11.6. The van der Waals surface area contributed by atoms with Crippen LogP contribution in [0.5, 0.6) is 5.75 Å². The van der Waals surface area contributed by atoms with E-state index in [1.165, 1.54) is 6.21 Å². The first kappa shape index (κ1) is 17.5. The van der Waals surface area contributed by atoms with Gasteiger partial charge in [-0.05, 0) is 30.2 Å². The van der Waals surface area contributed by atoms with Gasteiger partial charge in [-0.1, -0.05) is 37.3 Å². The lowest BCUT2D eigenvalue weighted by Gasteiger charge is -2.11. The topological polar surface area (TPSA) is 79.8 Å². The number of nitrogens with one attached hydrogen (secondary N) is 2. The van der Waals surface area contributed by atoms with Gasteiger partial charge in [0.05, 0.1) is 12.8 Å². The molecule has 0 aliphatic carbocycles. The number of ether oxygens (including phenoxy) is 1. The minimum atomic E-state index is -0.802. The third kappa shape index (κ3) is 4.32. The molecule has 0 atom stereocenters. The Morgan fingerprint density at radius 2 is 1.92 bits per heavy atom.